The van der Waals surface area contributed by atoms with Gasteiger partial charge in [-0.15, -0.1) is 24.0 Å². The predicted molar refractivity (Wildman–Crippen MR) is 129 cm³/mol. The summed E-state index contributed by atoms with van der Waals surface area (Å²) in [7, 11) is 6.64. The van der Waals surface area contributed by atoms with Crippen LogP contribution in [0.25, 0.3) is 0 Å². The van der Waals surface area contributed by atoms with Crippen LogP contribution in [-0.2, 0) is 6.54 Å². The predicted octanol–water partition coefficient (Wildman–Crippen LogP) is 3.12. The number of rotatable bonds is 8. The van der Waals surface area contributed by atoms with Gasteiger partial charge in [-0.3, -0.25) is 9.89 Å². The van der Waals surface area contributed by atoms with Gasteiger partial charge in [0.1, 0.15) is 0 Å². The lowest BCUT2D eigenvalue weighted by atomic mass is 9.98. The van der Waals surface area contributed by atoms with E-state index in [4.69, 9.17) is 14.2 Å². The highest BCUT2D eigenvalue weighted by Crippen LogP contribution is 2.38. The molecule has 1 aliphatic rings. The van der Waals surface area contributed by atoms with E-state index in [0.29, 0.717) is 29.8 Å². The van der Waals surface area contributed by atoms with Crippen LogP contribution in [0.2, 0.25) is 0 Å². The van der Waals surface area contributed by atoms with Crippen molar-refractivity contribution in [1.82, 2.24) is 15.5 Å². The molecule has 0 aromatic heterocycles. The Kier molecular flexibility index (Phi) is 11.5. The van der Waals surface area contributed by atoms with E-state index < -0.39 is 0 Å². The van der Waals surface area contributed by atoms with Crippen molar-refractivity contribution in [3.63, 3.8) is 0 Å². The van der Waals surface area contributed by atoms with Gasteiger partial charge in [-0.25, -0.2) is 0 Å². The largest absolute Gasteiger partial charge is 0.493 e. The van der Waals surface area contributed by atoms with E-state index in [0.717, 1.165) is 24.0 Å². The van der Waals surface area contributed by atoms with Crippen molar-refractivity contribution >= 4 is 29.9 Å². The fourth-order valence-electron chi connectivity index (χ4n) is 3.49. The van der Waals surface area contributed by atoms with Gasteiger partial charge in [0.15, 0.2) is 17.5 Å². The molecule has 0 radical (unpaired) electrons. The van der Waals surface area contributed by atoms with Gasteiger partial charge in [-0.2, -0.15) is 0 Å². The van der Waals surface area contributed by atoms with Crippen molar-refractivity contribution in [3.05, 3.63) is 17.7 Å². The standard InChI is InChI=1S/C21H36N4O3.HI/c1-15-7-9-25(10-8-15)16(2)13-23-21(22-3)24-14-17-11-18(26-4)20(28-6)19(12-17)27-5;/h11-12,15-16H,7-10,13-14H2,1-6H3,(H2,22,23,24);1H. The smallest absolute Gasteiger partial charge is 0.203 e. The maximum absolute atomic E-state index is 5.42. The zero-order valence-corrected chi connectivity index (χ0v) is 20.9. The third kappa shape index (κ3) is 7.40. The average Bonchev–Trinajstić information content (AvgIpc) is 2.73. The van der Waals surface area contributed by atoms with Gasteiger partial charge >= 0.3 is 0 Å². The number of hydrogen-bond donors (Lipinski definition) is 2. The Balaban J connectivity index is 0.00000420. The van der Waals surface area contributed by atoms with Crippen molar-refractivity contribution in [2.45, 2.75) is 39.3 Å². The minimum atomic E-state index is 0. The number of aliphatic imine (C=N–C) groups is 1. The summed E-state index contributed by atoms with van der Waals surface area (Å²) in [5, 5.41) is 6.80. The number of piperidine rings is 1. The van der Waals surface area contributed by atoms with E-state index in [1.165, 1.54) is 25.9 Å². The number of benzene rings is 1. The molecule has 7 nitrogen and oxygen atoms in total. The average molecular weight is 520 g/mol. The van der Waals surface area contributed by atoms with Crippen LogP contribution in [0.5, 0.6) is 17.2 Å². The topological polar surface area (TPSA) is 67.4 Å². The molecule has 1 aromatic carbocycles. The summed E-state index contributed by atoms with van der Waals surface area (Å²) >= 11 is 0. The van der Waals surface area contributed by atoms with Crippen molar-refractivity contribution < 1.29 is 14.2 Å². The van der Waals surface area contributed by atoms with Gasteiger partial charge < -0.3 is 24.8 Å². The van der Waals surface area contributed by atoms with Gasteiger partial charge in [-0.1, -0.05) is 6.92 Å². The first-order valence-electron chi connectivity index (χ1n) is 9.99. The lowest BCUT2D eigenvalue weighted by Gasteiger charge is -2.35. The van der Waals surface area contributed by atoms with Crippen LogP contribution in [0.3, 0.4) is 0 Å². The first-order valence-corrected chi connectivity index (χ1v) is 9.99. The number of hydrogen-bond acceptors (Lipinski definition) is 5. The number of ether oxygens (including phenoxy) is 3. The molecule has 2 N–H and O–H groups in total. The van der Waals surface area contributed by atoms with E-state index in [2.05, 4.69) is 34.4 Å². The van der Waals surface area contributed by atoms with Gasteiger partial charge in [0, 0.05) is 26.2 Å². The molecule has 8 heteroatoms. The first-order chi connectivity index (χ1) is 13.5. The fourth-order valence-corrected chi connectivity index (χ4v) is 3.49. The van der Waals surface area contributed by atoms with E-state index in [1.54, 1.807) is 28.4 Å². The number of likely N-dealkylation sites (tertiary alicyclic amines) is 1. The number of halogens is 1. The van der Waals surface area contributed by atoms with Crippen molar-refractivity contribution in [3.8, 4) is 17.2 Å². The van der Waals surface area contributed by atoms with E-state index in [1.807, 2.05) is 12.1 Å². The molecule has 1 heterocycles. The minimum absolute atomic E-state index is 0. The molecular formula is C21H37IN4O3. The summed E-state index contributed by atoms with van der Waals surface area (Å²) in [5.41, 5.74) is 1.02. The molecule has 29 heavy (non-hydrogen) atoms. The molecule has 1 saturated heterocycles. The molecule has 2 rings (SSSR count). The second-order valence-electron chi connectivity index (χ2n) is 7.41. The molecule has 0 saturated carbocycles. The first kappa shape index (κ1) is 25.6. The molecule has 0 bridgehead atoms. The van der Waals surface area contributed by atoms with Crippen LogP contribution >= 0.6 is 24.0 Å². The minimum Gasteiger partial charge on any atom is -0.493 e. The monoisotopic (exact) mass is 520 g/mol. The van der Waals surface area contributed by atoms with Crippen LogP contribution in [0.15, 0.2) is 17.1 Å². The van der Waals surface area contributed by atoms with Gasteiger partial charge in [0.05, 0.1) is 21.3 Å². The van der Waals surface area contributed by atoms with Crippen LogP contribution in [0.4, 0.5) is 0 Å². The van der Waals surface area contributed by atoms with Gasteiger partial charge in [-0.05, 0) is 56.5 Å². The fraction of sp³-hybridized carbons (Fsp3) is 0.667. The molecule has 1 aromatic rings. The van der Waals surface area contributed by atoms with Gasteiger partial charge in [0.2, 0.25) is 5.75 Å². The van der Waals surface area contributed by atoms with Crippen molar-refractivity contribution in [1.29, 1.82) is 0 Å². The van der Waals surface area contributed by atoms with E-state index in [9.17, 15) is 0 Å². The molecular weight excluding hydrogens is 483 g/mol. The van der Waals surface area contributed by atoms with E-state index >= 15 is 0 Å². The SMILES string of the molecule is CN=C(NCc1cc(OC)c(OC)c(OC)c1)NCC(C)N1CCC(C)CC1.I. The Morgan fingerprint density at radius 1 is 1.10 bits per heavy atom. The Hall–Kier alpha value is -1.42. The summed E-state index contributed by atoms with van der Waals surface area (Å²) in [6.07, 6.45) is 2.58. The van der Waals surface area contributed by atoms with Crippen LogP contribution in [-0.4, -0.2) is 64.9 Å². The molecule has 0 spiro atoms. The van der Waals surface area contributed by atoms with E-state index in [-0.39, 0.29) is 24.0 Å². The number of guanidine groups is 1. The van der Waals surface area contributed by atoms with Crippen molar-refractivity contribution in [2.75, 3.05) is 48.0 Å². The summed E-state index contributed by atoms with van der Waals surface area (Å²) in [5.74, 6) is 3.53. The lowest BCUT2D eigenvalue weighted by Crippen LogP contribution is -2.47. The van der Waals surface area contributed by atoms with Crippen LogP contribution in [0.1, 0.15) is 32.3 Å². The highest BCUT2D eigenvalue weighted by molar-refractivity contribution is 14.0. The second kappa shape index (κ2) is 13.0. The molecule has 0 aliphatic carbocycles. The molecule has 166 valence electrons. The zero-order chi connectivity index (χ0) is 20.5. The van der Waals surface area contributed by atoms with Crippen LogP contribution in [0, 0.1) is 5.92 Å². The van der Waals surface area contributed by atoms with Gasteiger partial charge in [0.25, 0.3) is 0 Å². The molecule has 1 unspecified atom stereocenters. The highest BCUT2D eigenvalue weighted by atomic mass is 127. The maximum atomic E-state index is 5.42. The summed E-state index contributed by atoms with van der Waals surface area (Å²) in [6, 6.07) is 4.37. The summed E-state index contributed by atoms with van der Waals surface area (Å²) in [6.45, 7) is 8.45. The quantitative estimate of drug-likeness (QED) is 0.312. The summed E-state index contributed by atoms with van der Waals surface area (Å²) < 4.78 is 16.2. The Labute approximate surface area is 192 Å². The lowest BCUT2D eigenvalue weighted by molar-refractivity contribution is 0.147. The molecule has 1 fully saturated rings. The normalized spacial score (nSPS) is 16.6. The van der Waals surface area contributed by atoms with Crippen molar-refractivity contribution in [2.24, 2.45) is 10.9 Å². The third-order valence-corrected chi connectivity index (χ3v) is 5.41. The highest BCUT2D eigenvalue weighted by Gasteiger charge is 2.20. The maximum Gasteiger partial charge on any atom is 0.203 e. The Morgan fingerprint density at radius 3 is 2.17 bits per heavy atom. The number of methoxy groups -OCH3 is 3. The molecule has 1 atom stereocenters. The Morgan fingerprint density at radius 2 is 1.69 bits per heavy atom. The second-order valence-corrected chi connectivity index (χ2v) is 7.41. The molecule has 1 aliphatic heterocycles. The zero-order valence-electron chi connectivity index (χ0n) is 18.6. The number of nitrogens with zero attached hydrogens (tertiary/aromatic N) is 2. The Bertz CT molecular complexity index is 624. The number of nitrogens with one attached hydrogen (secondary N) is 2. The van der Waals surface area contributed by atoms with Crippen LogP contribution < -0.4 is 24.8 Å². The molecule has 0 amide bonds. The third-order valence-electron chi connectivity index (χ3n) is 5.41. The summed E-state index contributed by atoms with van der Waals surface area (Å²) in [4.78, 5) is 6.89.